The van der Waals surface area contributed by atoms with Crippen molar-refractivity contribution in [3.05, 3.63) is 0 Å². The van der Waals surface area contributed by atoms with Gasteiger partial charge in [-0.3, -0.25) is 0 Å². The SMILES string of the molecule is OC[C@@H](O)[C@@H](O[C@@H]1O[C@H](CO)[C@@H](O[C@@H]2O[C@H](CO)[C@@H](O[C@@H]3O[C@H](CO)[C@@H](O[C@@H]4O[C@H](CO)[C@@H](O)[C@H](O)[C@H]4O)[C@H](O)[C@H]3O)[C@H](O)[C@H]2O)[C@H](O)[C@H]1O)[C@H](O)[C@@H](O)CO. The Morgan fingerprint density at radius 1 is 0.375 bits per heavy atom. The van der Waals surface area contributed by atoms with Gasteiger partial charge in [-0.25, -0.2) is 0 Å². The molecule has 4 rings (SSSR count). The Balaban J connectivity index is 1.43. The predicted molar refractivity (Wildman–Crippen MR) is 169 cm³/mol. The van der Waals surface area contributed by atoms with Gasteiger partial charge in [-0.05, 0) is 0 Å². The molecule has 0 aromatic heterocycles. The Morgan fingerprint density at radius 3 is 1.05 bits per heavy atom. The molecule has 4 heterocycles. The minimum Gasteiger partial charge on any atom is -0.394 e. The minimum atomic E-state index is -2.14. The molecule has 18 N–H and O–H groups in total. The van der Waals surface area contributed by atoms with Gasteiger partial charge in [-0.1, -0.05) is 0 Å². The maximum atomic E-state index is 11.1. The average Bonchev–Trinajstić information content (AvgIpc) is 3.20. The Labute approximate surface area is 317 Å². The van der Waals surface area contributed by atoms with Gasteiger partial charge in [0.2, 0.25) is 0 Å². The number of aliphatic hydroxyl groups excluding tert-OH is 18. The van der Waals surface area contributed by atoms with Crippen molar-refractivity contribution < 1.29 is 130 Å². The zero-order chi connectivity index (χ0) is 41.8. The van der Waals surface area contributed by atoms with Crippen molar-refractivity contribution in [2.45, 2.75) is 147 Å². The van der Waals surface area contributed by atoms with Gasteiger partial charge in [0.15, 0.2) is 25.2 Å². The first-order valence-electron chi connectivity index (χ1n) is 17.5. The van der Waals surface area contributed by atoms with Gasteiger partial charge in [-0.15, -0.1) is 0 Å². The number of aliphatic hydroxyl groups is 18. The van der Waals surface area contributed by atoms with E-state index in [4.69, 9.17) is 43.0 Å². The van der Waals surface area contributed by atoms with Gasteiger partial charge in [0.1, 0.15) is 122 Å². The average molecular weight is 831 g/mol. The zero-order valence-electron chi connectivity index (χ0n) is 29.4. The molecule has 0 spiro atoms. The molecular weight excluding hydrogens is 776 g/mol. The molecule has 4 fully saturated rings. The second-order valence-electron chi connectivity index (χ2n) is 13.7. The smallest absolute Gasteiger partial charge is 0.187 e. The van der Waals surface area contributed by atoms with E-state index < -0.39 is 187 Å². The Morgan fingerprint density at radius 2 is 0.696 bits per heavy atom. The van der Waals surface area contributed by atoms with Gasteiger partial charge in [-0.2, -0.15) is 0 Å². The highest BCUT2D eigenvalue weighted by molar-refractivity contribution is 4.98. The third-order valence-corrected chi connectivity index (χ3v) is 9.96. The van der Waals surface area contributed by atoms with Crippen LogP contribution in [0.25, 0.3) is 0 Å². The number of ether oxygens (including phenoxy) is 8. The fourth-order valence-electron chi connectivity index (χ4n) is 6.63. The lowest BCUT2D eigenvalue weighted by Crippen LogP contribution is -2.67. The van der Waals surface area contributed by atoms with Crippen LogP contribution in [0.1, 0.15) is 0 Å². The van der Waals surface area contributed by atoms with Gasteiger partial charge >= 0.3 is 0 Å². The number of hydrogen-bond acceptors (Lipinski definition) is 26. The van der Waals surface area contributed by atoms with Gasteiger partial charge < -0.3 is 130 Å². The summed E-state index contributed by atoms with van der Waals surface area (Å²) in [6.45, 7) is -5.79. The lowest BCUT2D eigenvalue weighted by atomic mass is 9.95. The third kappa shape index (κ3) is 10.1. The van der Waals surface area contributed by atoms with Crippen LogP contribution in [0.3, 0.4) is 0 Å². The molecule has 0 radical (unpaired) electrons. The zero-order valence-corrected chi connectivity index (χ0v) is 29.4. The van der Waals surface area contributed by atoms with E-state index >= 15 is 0 Å². The molecule has 0 amide bonds. The van der Waals surface area contributed by atoms with E-state index in [0.29, 0.717) is 0 Å². The minimum absolute atomic E-state index is 0.816. The summed E-state index contributed by atoms with van der Waals surface area (Å²) in [4.78, 5) is 0. The van der Waals surface area contributed by atoms with Crippen molar-refractivity contribution in [3.8, 4) is 0 Å². The molecule has 26 heteroatoms. The van der Waals surface area contributed by atoms with Crippen molar-refractivity contribution in [1.29, 1.82) is 0 Å². The van der Waals surface area contributed by atoms with E-state index in [1.54, 1.807) is 0 Å². The van der Waals surface area contributed by atoms with Crippen molar-refractivity contribution in [2.24, 2.45) is 0 Å². The van der Waals surface area contributed by atoms with Crippen LogP contribution in [-0.2, 0) is 37.9 Å². The highest BCUT2D eigenvalue weighted by Gasteiger charge is 2.55. The molecule has 0 bridgehead atoms. The monoisotopic (exact) mass is 830 g/mol. The number of hydrogen-bond donors (Lipinski definition) is 18. The molecule has 4 aliphatic rings. The summed E-state index contributed by atoms with van der Waals surface area (Å²) in [6.07, 6.45) is -45.3. The van der Waals surface area contributed by atoms with E-state index in [9.17, 15) is 86.8 Å². The summed E-state index contributed by atoms with van der Waals surface area (Å²) in [5, 5.41) is 184. The second-order valence-corrected chi connectivity index (χ2v) is 13.7. The highest BCUT2D eigenvalue weighted by Crippen LogP contribution is 2.35. The molecule has 26 nitrogen and oxygen atoms in total. The summed E-state index contributed by atoms with van der Waals surface area (Å²) < 4.78 is 43.8. The molecule has 0 saturated carbocycles. The van der Waals surface area contributed by atoms with E-state index in [0.717, 1.165) is 0 Å². The van der Waals surface area contributed by atoms with Gasteiger partial charge in [0.05, 0.1) is 39.6 Å². The van der Waals surface area contributed by atoms with Crippen LogP contribution in [-0.4, -0.2) is 279 Å². The maximum Gasteiger partial charge on any atom is 0.187 e. The van der Waals surface area contributed by atoms with Crippen LogP contribution in [0, 0.1) is 0 Å². The summed E-state index contributed by atoms with van der Waals surface area (Å²) in [6, 6.07) is 0. The lowest BCUT2D eigenvalue weighted by molar-refractivity contribution is -0.390. The molecule has 4 aliphatic heterocycles. The van der Waals surface area contributed by atoms with E-state index in [-0.39, 0.29) is 0 Å². The molecule has 0 unspecified atom stereocenters. The maximum absolute atomic E-state index is 11.1. The Hall–Kier alpha value is -1.04. The Bertz CT molecular complexity index is 1150. The largest absolute Gasteiger partial charge is 0.394 e. The number of rotatable bonds is 17. The first kappa shape index (κ1) is 47.6. The lowest BCUT2D eigenvalue weighted by Gasteiger charge is -2.49. The topological polar surface area (TPSA) is 438 Å². The molecule has 4 saturated heterocycles. The van der Waals surface area contributed by atoms with Crippen LogP contribution >= 0.6 is 0 Å². The van der Waals surface area contributed by atoms with Crippen LogP contribution in [0.5, 0.6) is 0 Å². The van der Waals surface area contributed by atoms with Crippen LogP contribution in [0.2, 0.25) is 0 Å². The van der Waals surface area contributed by atoms with Gasteiger partial charge in [0, 0.05) is 0 Å². The fraction of sp³-hybridized carbons (Fsp3) is 1.00. The van der Waals surface area contributed by atoms with Crippen LogP contribution in [0.15, 0.2) is 0 Å². The summed E-state index contributed by atoms with van der Waals surface area (Å²) >= 11 is 0. The summed E-state index contributed by atoms with van der Waals surface area (Å²) in [5.74, 6) is 0. The van der Waals surface area contributed by atoms with Gasteiger partial charge in [0.25, 0.3) is 0 Å². The molecule has 0 aromatic rings. The van der Waals surface area contributed by atoms with Crippen molar-refractivity contribution >= 4 is 0 Å². The molecule has 24 atom stereocenters. The highest BCUT2D eigenvalue weighted by atomic mass is 16.8. The summed E-state index contributed by atoms with van der Waals surface area (Å²) in [7, 11) is 0. The second kappa shape index (κ2) is 21.0. The fourth-order valence-corrected chi connectivity index (χ4v) is 6.63. The summed E-state index contributed by atoms with van der Waals surface area (Å²) in [5.41, 5.74) is 0. The molecule has 0 aromatic carbocycles. The third-order valence-electron chi connectivity index (χ3n) is 9.96. The molecule has 330 valence electrons. The first-order valence-corrected chi connectivity index (χ1v) is 17.5. The molecule has 56 heavy (non-hydrogen) atoms. The van der Waals surface area contributed by atoms with E-state index in [1.807, 2.05) is 0 Å². The van der Waals surface area contributed by atoms with E-state index in [1.165, 1.54) is 0 Å². The predicted octanol–water partition coefficient (Wildman–Crippen LogP) is -12.3. The molecular formula is C30H54O26. The van der Waals surface area contributed by atoms with E-state index in [2.05, 4.69) is 0 Å². The van der Waals surface area contributed by atoms with Crippen molar-refractivity contribution in [3.63, 3.8) is 0 Å². The van der Waals surface area contributed by atoms with Crippen molar-refractivity contribution in [2.75, 3.05) is 39.6 Å². The standard InChI is InChI=1S/C30H54O26/c31-1-7(37)13(39)23(8(38)2-32)53-28-20(46)16(42)25(10(4-34)50-28)55-30-22(48)18(44)26(12(6-36)52-30)56-29-21(47)17(43)24(11(5-35)51-29)54-27-19(45)15(41)14(40)9(3-33)49-27/h7-48H,1-6H2/t7-,8+,9+,10+,11+,12+,13+,14+,15-,16+,17+,18+,19+,20+,21+,22+,23+,24+,25+,26+,27-,28-,29-,30-/m0/s1. The Kier molecular flexibility index (Phi) is 17.8. The molecule has 0 aliphatic carbocycles. The normalized spacial score (nSPS) is 47.2. The van der Waals surface area contributed by atoms with Crippen molar-refractivity contribution in [1.82, 2.24) is 0 Å². The van der Waals surface area contributed by atoms with Crippen LogP contribution in [0.4, 0.5) is 0 Å². The first-order chi connectivity index (χ1) is 26.5. The quantitative estimate of drug-likeness (QED) is 0.0647. The van der Waals surface area contributed by atoms with Crippen LogP contribution < -0.4 is 0 Å².